The van der Waals surface area contributed by atoms with Gasteiger partial charge in [-0.2, -0.15) is 0 Å². The lowest BCUT2D eigenvalue weighted by Gasteiger charge is -1.93. The molecule has 0 aliphatic carbocycles. The fourth-order valence-electron chi connectivity index (χ4n) is 0.879. The third-order valence-corrected chi connectivity index (χ3v) is 1.61. The van der Waals surface area contributed by atoms with Gasteiger partial charge in [0.25, 0.3) is 0 Å². The number of nitrogens with zero attached hydrogens (tertiary/aromatic N) is 1. The molecule has 4 heteroatoms. The van der Waals surface area contributed by atoms with Crippen LogP contribution < -0.4 is 0 Å². The minimum absolute atomic E-state index is 0.361. The van der Waals surface area contributed by atoms with E-state index in [9.17, 15) is 9.70 Å². The molecule has 0 radical (unpaired) electrons. The Morgan fingerprint density at radius 1 is 1.36 bits per heavy atom. The predicted octanol–water partition coefficient (Wildman–Crippen LogP) is 2.27. The third kappa shape index (κ3) is 2.82. The highest BCUT2D eigenvalue weighted by molar-refractivity contribution is 5.86. The molecule has 1 aromatic carbocycles. The van der Waals surface area contributed by atoms with Gasteiger partial charge in [-0.15, -0.1) is 4.91 Å². The molecule has 72 valence electrons. The zero-order valence-corrected chi connectivity index (χ0v) is 7.64. The molecular formula is C10H9NO3. The van der Waals surface area contributed by atoms with Crippen molar-refractivity contribution < 1.29 is 9.53 Å². The third-order valence-electron chi connectivity index (χ3n) is 1.61. The summed E-state index contributed by atoms with van der Waals surface area (Å²) in [7, 11) is 1.31. The first kappa shape index (κ1) is 10.1. The number of rotatable bonds is 3. The second kappa shape index (κ2) is 4.91. The van der Waals surface area contributed by atoms with Crippen LogP contribution in [0.5, 0.6) is 0 Å². The van der Waals surface area contributed by atoms with Crippen LogP contribution in [0.4, 0.5) is 5.69 Å². The molecule has 0 saturated heterocycles. The van der Waals surface area contributed by atoms with E-state index in [2.05, 4.69) is 9.91 Å². The van der Waals surface area contributed by atoms with E-state index in [1.54, 1.807) is 30.3 Å². The summed E-state index contributed by atoms with van der Waals surface area (Å²) in [6, 6.07) is 6.53. The zero-order valence-electron chi connectivity index (χ0n) is 7.64. The summed E-state index contributed by atoms with van der Waals surface area (Å²) in [5, 5.41) is 2.76. The maximum atomic E-state index is 10.7. The SMILES string of the molecule is COC(=O)/C=C/c1ccc(N=O)cc1. The van der Waals surface area contributed by atoms with Crippen LogP contribution in [0, 0.1) is 4.91 Å². The van der Waals surface area contributed by atoms with E-state index in [0.29, 0.717) is 5.69 Å². The molecule has 0 N–H and O–H groups in total. The van der Waals surface area contributed by atoms with Crippen LogP contribution in [-0.2, 0) is 9.53 Å². The Balaban J connectivity index is 2.73. The lowest BCUT2D eigenvalue weighted by atomic mass is 10.2. The minimum atomic E-state index is -0.414. The Bertz CT molecular complexity index is 354. The van der Waals surface area contributed by atoms with E-state index in [4.69, 9.17) is 0 Å². The van der Waals surface area contributed by atoms with Gasteiger partial charge >= 0.3 is 5.97 Å². The number of hydrogen-bond acceptors (Lipinski definition) is 4. The van der Waals surface area contributed by atoms with Crippen LogP contribution in [0.25, 0.3) is 6.08 Å². The van der Waals surface area contributed by atoms with Gasteiger partial charge in [-0.05, 0) is 28.9 Å². The number of carbonyl (C=O) groups is 1. The first-order chi connectivity index (χ1) is 6.76. The average molecular weight is 191 g/mol. The molecule has 0 heterocycles. The van der Waals surface area contributed by atoms with Gasteiger partial charge < -0.3 is 4.74 Å². The molecule has 4 nitrogen and oxygen atoms in total. The quantitative estimate of drug-likeness (QED) is 0.418. The molecule has 0 fully saturated rings. The summed E-state index contributed by atoms with van der Waals surface area (Å²) < 4.78 is 4.42. The minimum Gasteiger partial charge on any atom is -0.466 e. The normalized spacial score (nSPS) is 10.1. The van der Waals surface area contributed by atoms with Gasteiger partial charge in [-0.3, -0.25) is 0 Å². The molecule has 0 aromatic heterocycles. The van der Waals surface area contributed by atoms with Crippen LogP contribution in [-0.4, -0.2) is 13.1 Å². The molecule has 14 heavy (non-hydrogen) atoms. The maximum absolute atomic E-state index is 10.7. The lowest BCUT2D eigenvalue weighted by Crippen LogP contribution is -1.92. The standard InChI is InChI=1S/C10H9NO3/c1-14-10(12)7-4-8-2-5-9(11-13)6-3-8/h2-7H,1H3/b7-4+. The number of ether oxygens (including phenoxy) is 1. The fraction of sp³-hybridized carbons (Fsp3) is 0.100. The molecular weight excluding hydrogens is 182 g/mol. The monoisotopic (exact) mass is 191 g/mol. The predicted molar refractivity (Wildman–Crippen MR) is 52.9 cm³/mol. The van der Waals surface area contributed by atoms with Crippen molar-refractivity contribution in [3.8, 4) is 0 Å². The summed E-state index contributed by atoms with van der Waals surface area (Å²) >= 11 is 0. The van der Waals surface area contributed by atoms with Gasteiger partial charge in [-0.25, -0.2) is 4.79 Å². The van der Waals surface area contributed by atoms with Gasteiger partial charge in [0.2, 0.25) is 0 Å². The largest absolute Gasteiger partial charge is 0.466 e. The molecule has 0 bridgehead atoms. The highest BCUT2D eigenvalue weighted by atomic mass is 16.5. The van der Waals surface area contributed by atoms with Crippen LogP contribution >= 0.6 is 0 Å². The van der Waals surface area contributed by atoms with Crippen molar-refractivity contribution in [3.63, 3.8) is 0 Å². The summed E-state index contributed by atoms with van der Waals surface area (Å²) in [4.78, 5) is 20.8. The molecule has 0 aliphatic heterocycles. The molecule has 0 amide bonds. The first-order valence-corrected chi connectivity index (χ1v) is 3.95. The smallest absolute Gasteiger partial charge is 0.330 e. The van der Waals surface area contributed by atoms with E-state index in [1.165, 1.54) is 13.2 Å². The second-order valence-electron chi connectivity index (χ2n) is 2.54. The van der Waals surface area contributed by atoms with Gasteiger partial charge in [0.1, 0.15) is 5.69 Å². The van der Waals surface area contributed by atoms with Crippen LogP contribution in [0.2, 0.25) is 0 Å². The maximum Gasteiger partial charge on any atom is 0.330 e. The van der Waals surface area contributed by atoms with E-state index in [1.807, 2.05) is 0 Å². The van der Waals surface area contributed by atoms with Gasteiger partial charge in [0.05, 0.1) is 7.11 Å². The molecule has 0 spiro atoms. The summed E-state index contributed by atoms with van der Waals surface area (Å²) in [6.45, 7) is 0. The summed E-state index contributed by atoms with van der Waals surface area (Å²) in [5.41, 5.74) is 1.17. The van der Waals surface area contributed by atoms with Gasteiger partial charge in [-0.1, -0.05) is 12.1 Å². The number of esters is 1. The highest BCUT2D eigenvalue weighted by Gasteiger charge is 1.93. The Morgan fingerprint density at radius 3 is 2.50 bits per heavy atom. The molecule has 0 unspecified atom stereocenters. The Morgan fingerprint density at radius 2 is 2.00 bits per heavy atom. The van der Waals surface area contributed by atoms with E-state index < -0.39 is 5.97 Å². The van der Waals surface area contributed by atoms with Crippen molar-refractivity contribution in [1.82, 2.24) is 0 Å². The van der Waals surface area contributed by atoms with E-state index >= 15 is 0 Å². The van der Waals surface area contributed by atoms with Crippen molar-refractivity contribution in [2.45, 2.75) is 0 Å². The first-order valence-electron chi connectivity index (χ1n) is 3.95. The van der Waals surface area contributed by atoms with Gasteiger partial charge in [0.15, 0.2) is 0 Å². The number of benzene rings is 1. The molecule has 1 rings (SSSR count). The Hall–Kier alpha value is -1.97. The summed E-state index contributed by atoms with van der Waals surface area (Å²) in [5.74, 6) is -0.414. The van der Waals surface area contributed by atoms with Crippen LogP contribution in [0.3, 0.4) is 0 Å². The summed E-state index contributed by atoms with van der Waals surface area (Å²) in [6.07, 6.45) is 2.91. The molecule has 0 aliphatic rings. The molecule has 0 saturated carbocycles. The zero-order chi connectivity index (χ0) is 10.4. The molecule has 0 atom stereocenters. The van der Waals surface area contributed by atoms with Crippen molar-refractivity contribution in [2.75, 3.05) is 7.11 Å². The van der Waals surface area contributed by atoms with Crippen LogP contribution in [0.1, 0.15) is 5.56 Å². The van der Waals surface area contributed by atoms with Crippen molar-refractivity contribution in [2.24, 2.45) is 5.18 Å². The Kier molecular flexibility index (Phi) is 3.55. The average Bonchev–Trinajstić information content (AvgIpc) is 2.26. The van der Waals surface area contributed by atoms with E-state index in [0.717, 1.165) is 5.56 Å². The van der Waals surface area contributed by atoms with E-state index in [-0.39, 0.29) is 0 Å². The number of carbonyl (C=O) groups excluding carboxylic acids is 1. The van der Waals surface area contributed by atoms with Crippen LogP contribution in [0.15, 0.2) is 35.5 Å². The number of nitroso groups, excluding NO2 is 1. The highest BCUT2D eigenvalue weighted by Crippen LogP contribution is 2.12. The van der Waals surface area contributed by atoms with Gasteiger partial charge in [0, 0.05) is 6.08 Å². The second-order valence-corrected chi connectivity index (χ2v) is 2.54. The van der Waals surface area contributed by atoms with Crippen molar-refractivity contribution in [3.05, 3.63) is 40.8 Å². The topological polar surface area (TPSA) is 55.7 Å². The number of hydrogen-bond donors (Lipinski definition) is 0. The van der Waals surface area contributed by atoms with Crippen molar-refractivity contribution in [1.29, 1.82) is 0 Å². The Labute approximate surface area is 81.2 Å². The number of methoxy groups -OCH3 is 1. The molecule has 1 aromatic rings. The van der Waals surface area contributed by atoms with Crippen molar-refractivity contribution >= 4 is 17.7 Å². The lowest BCUT2D eigenvalue weighted by molar-refractivity contribution is -0.134. The fourth-order valence-corrected chi connectivity index (χ4v) is 0.879.